The fourth-order valence-electron chi connectivity index (χ4n) is 6.19. The molecule has 2 heteroatoms. The second-order valence-electron chi connectivity index (χ2n) is 9.93. The Morgan fingerprint density at radius 3 is 2.15 bits per heavy atom. The number of benzene rings is 1. The van der Waals surface area contributed by atoms with Gasteiger partial charge in [-0.1, -0.05) is 44.2 Å². The molecule has 144 valence electrons. The van der Waals surface area contributed by atoms with E-state index in [2.05, 4.69) is 30.3 Å². The molecule has 1 aromatic carbocycles. The molecular weight excluding hydrogens is 320 g/mol. The van der Waals surface area contributed by atoms with Crippen molar-refractivity contribution in [2.45, 2.75) is 78.6 Å². The molecule has 4 bridgehead atoms. The molecule has 2 unspecified atom stereocenters. The Hall–Kier alpha value is -1.31. The monoisotopic (exact) mass is 356 g/mol. The summed E-state index contributed by atoms with van der Waals surface area (Å²) in [6.45, 7) is 10.5. The molecule has 0 aromatic heterocycles. The molecule has 0 heterocycles. The molecule has 4 aliphatic rings. The summed E-state index contributed by atoms with van der Waals surface area (Å²) in [5.41, 5.74) is 1.67. The van der Waals surface area contributed by atoms with Crippen LogP contribution in [0.15, 0.2) is 30.3 Å². The Morgan fingerprint density at radius 2 is 1.62 bits per heavy atom. The van der Waals surface area contributed by atoms with Gasteiger partial charge >= 0.3 is 5.97 Å². The highest BCUT2D eigenvalue weighted by atomic mass is 16.5. The first kappa shape index (κ1) is 19.5. The van der Waals surface area contributed by atoms with Gasteiger partial charge in [0, 0.05) is 5.41 Å². The molecule has 0 spiro atoms. The lowest BCUT2D eigenvalue weighted by atomic mass is 9.43. The Balaban J connectivity index is 0.000000948. The van der Waals surface area contributed by atoms with E-state index in [-0.39, 0.29) is 11.4 Å². The van der Waals surface area contributed by atoms with Gasteiger partial charge in [0.2, 0.25) is 0 Å². The summed E-state index contributed by atoms with van der Waals surface area (Å²) in [5, 5.41) is 0. The van der Waals surface area contributed by atoms with Crippen molar-refractivity contribution in [1.82, 2.24) is 0 Å². The molecule has 4 aliphatic carbocycles. The van der Waals surface area contributed by atoms with Crippen molar-refractivity contribution in [3.8, 4) is 0 Å². The first-order chi connectivity index (χ1) is 12.3. The summed E-state index contributed by atoms with van der Waals surface area (Å²) in [6.07, 6.45) is 7.79. The van der Waals surface area contributed by atoms with Crippen LogP contribution in [-0.2, 0) is 14.9 Å². The van der Waals surface area contributed by atoms with Crippen LogP contribution in [-0.4, -0.2) is 12.6 Å². The van der Waals surface area contributed by atoms with Crippen LogP contribution in [0.25, 0.3) is 0 Å². The van der Waals surface area contributed by atoms with Gasteiger partial charge in [0.05, 0.1) is 12.0 Å². The summed E-state index contributed by atoms with van der Waals surface area (Å²) < 4.78 is 5.83. The first-order valence-corrected chi connectivity index (χ1v) is 10.5. The van der Waals surface area contributed by atoms with Gasteiger partial charge in [0.15, 0.2) is 0 Å². The summed E-state index contributed by atoms with van der Waals surface area (Å²) in [7, 11) is 0. The SMILES string of the molecule is CC.CC(C)(C)C(=O)OCC12CC3CC(C1)CC(c1ccccc1)(C3)C2. The van der Waals surface area contributed by atoms with Crippen molar-refractivity contribution < 1.29 is 9.53 Å². The largest absolute Gasteiger partial charge is 0.465 e. The number of hydrogen-bond acceptors (Lipinski definition) is 2. The lowest BCUT2D eigenvalue weighted by Crippen LogP contribution is -2.55. The van der Waals surface area contributed by atoms with Crippen molar-refractivity contribution in [3.05, 3.63) is 35.9 Å². The maximum absolute atomic E-state index is 12.3. The third-order valence-electron chi connectivity index (χ3n) is 6.69. The Morgan fingerprint density at radius 1 is 1.04 bits per heavy atom. The molecule has 2 nitrogen and oxygen atoms in total. The molecule has 4 fully saturated rings. The fourth-order valence-corrected chi connectivity index (χ4v) is 6.19. The molecule has 0 saturated heterocycles. The highest BCUT2D eigenvalue weighted by Gasteiger charge is 2.58. The number of rotatable bonds is 3. The highest BCUT2D eigenvalue weighted by Crippen LogP contribution is 2.65. The maximum atomic E-state index is 12.3. The zero-order valence-corrected chi connectivity index (χ0v) is 17.3. The average Bonchev–Trinajstić information content (AvgIpc) is 2.60. The zero-order chi connectivity index (χ0) is 19.0. The Kier molecular flexibility index (Phi) is 5.25. The minimum atomic E-state index is -0.403. The molecular formula is C24H36O2. The van der Waals surface area contributed by atoms with Crippen molar-refractivity contribution in [2.24, 2.45) is 22.7 Å². The summed E-state index contributed by atoms with van der Waals surface area (Å²) in [4.78, 5) is 12.3. The minimum Gasteiger partial charge on any atom is -0.465 e. The highest BCUT2D eigenvalue weighted by molar-refractivity contribution is 5.75. The number of carbonyl (C=O) groups excluding carboxylic acids is 1. The normalized spacial score (nSPS) is 34.8. The quantitative estimate of drug-likeness (QED) is 0.608. The molecule has 1 aromatic rings. The Bertz CT molecular complexity index is 611. The van der Waals surface area contributed by atoms with Gasteiger partial charge in [-0.3, -0.25) is 4.79 Å². The number of carbonyl (C=O) groups is 1. The van der Waals surface area contributed by atoms with Gasteiger partial charge in [-0.25, -0.2) is 0 Å². The summed E-state index contributed by atoms with van der Waals surface area (Å²) in [5.74, 6) is 1.59. The zero-order valence-electron chi connectivity index (χ0n) is 17.3. The minimum absolute atomic E-state index is 0.0491. The number of ether oxygens (including phenoxy) is 1. The van der Waals surface area contributed by atoms with Gasteiger partial charge in [-0.2, -0.15) is 0 Å². The maximum Gasteiger partial charge on any atom is 0.311 e. The fraction of sp³-hybridized carbons (Fsp3) is 0.708. The van der Waals surface area contributed by atoms with Crippen LogP contribution in [0.2, 0.25) is 0 Å². The van der Waals surface area contributed by atoms with Crippen LogP contribution in [0.5, 0.6) is 0 Å². The van der Waals surface area contributed by atoms with Crippen LogP contribution in [0.4, 0.5) is 0 Å². The molecule has 0 aliphatic heterocycles. The van der Waals surface area contributed by atoms with Crippen LogP contribution < -0.4 is 0 Å². The van der Waals surface area contributed by atoms with E-state index >= 15 is 0 Å². The summed E-state index contributed by atoms with van der Waals surface area (Å²) >= 11 is 0. The van der Waals surface area contributed by atoms with E-state index in [4.69, 9.17) is 4.74 Å². The van der Waals surface area contributed by atoms with Gasteiger partial charge in [-0.15, -0.1) is 0 Å². The smallest absolute Gasteiger partial charge is 0.311 e. The standard InChI is InChI=1S/C22H30O2.C2H6/c1-20(2,3)19(23)24-15-21-10-16-9-17(11-21)13-22(12-16,14-21)18-7-5-4-6-8-18;1-2/h4-8,16-17H,9-15H2,1-3H3;1-2H3. The van der Waals surface area contributed by atoms with Crippen molar-refractivity contribution >= 4 is 5.97 Å². The van der Waals surface area contributed by atoms with E-state index in [0.29, 0.717) is 12.0 Å². The molecule has 4 saturated carbocycles. The van der Waals surface area contributed by atoms with Crippen LogP contribution in [0.3, 0.4) is 0 Å². The predicted molar refractivity (Wildman–Crippen MR) is 107 cm³/mol. The average molecular weight is 357 g/mol. The summed E-state index contributed by atoms with van der Waals surface area (Å²) in [6, 6.07) is 11.1. The third kappa shape index (κ3) is 3.57. The van der Waals surface area contributed by atoms with Crippen molar-refractivity contribution in [1.29, 1.82) is 0 Å². The number of hydrogen-bond donors (Lipinski definition) is 0. The van der Waals surface area contributed by atoms with E-state index in [1.54, 1.807) is 0 Å². The molecule has 0 radical (unpaired) electrons. The second-order valence-corrected chi connectivity index (χ2v) is 9.93. The van der Waals surface area contributed by atoms with Gasteiger partial charge in [0.25, 0.3) is 0 Å². The first-order valence-electron chi connectivity index (χ1n) is 10.5. The molecule has 2 atom stereocenters. The lowest BCUT2D eigenvalue weighted by Gasteiger charge is -2.62. The van der Waals surface area contributed by atoms with E-state index in [1.807, 2.05) is 34.6 Å². The molecule has 0 amide bonds. The second kappa shape index (κ2) is 7.02. The number of esters is 1. The van der Waals surface area contributed by atoms with Crippen LogP contribution >= 0.6 is 0 Å². The molecule has 5 rings (SSSR count). The van der Waals surface area contributed by atoms with Crippen molar-refractivity contribution in [2.75, 3.05) is 6.61 Å². The lowest BCUT2D eigenvalue weighted by molar-refractivity contribution is -0.166. The van der Waals surface area contributed by atoms with E-state index in [1.165, 1.54) is 44.1 Å². The molecule has 26 heavy (non-hydrogen) atoms. The molecule has 0 N–H and O–H groups in total. The third-order valence-corrected chi connectivity index (χ3v) is 6.69. The van der Waals surface area contributed by atoms with Crippen LogP contribution in [0, 0.1) is 22.7 Å². The Labute approximate surface area is 159 Å². The topological polar surface area (TPSA) is 26.3 Å². The van der Waals surface area contributed by atoms with Gasteiger partial charge < -0.3 is 4.74 Å². The predicted octanol–water partition coefficient (Wildman–Crippen LogP) is 6.14. The van der Waals surface area contributed by atoms with Gasteiger partial charge in [0.1, 0.15) is 0 Å². The van der Waals surface area contributed by atoms with Crippen LogP contribution in [0.1, 0.15) is 78.7 Å². The van der Waals surface area contributed by atoms with E-state index in [9.17, 15) is 4.79 Å². The van der Waals surface area contributed by atoms with E-state index < -0.39 is 5.41 Å². The van der Waals surface area contributed by atoms with Gasteiger partial charge in [-0.05, 0) is 82.1 Å². The van der Waals surface area contributed by atoms with Crippen molar-refractivity contribution in [3.63, 3.8) is 0 Å². The van der Waals surface area contributed by atoms with E-state index in [0.717, 1.165) is 11.8 Å².